The second-order valence-corrected chi connectivity index (χ2v) is 5.54. The zero-order valence-corrected chi connectivity index (χ0v) is 12.4. The van der Waals surface area contributed by atoms with Crippen LogP contribution in [0.5, 0.6) is 0 Å². The van der Waals surface area contributed by atoms with Crippen molar-refractivity contribution < 1.29 is 9.59 Å². The molecule has 1 unspecified atom stereocenters. The number of hydrogen-bond acceptors (Lipinski definition) is 6. The molecule has 1 aliphatic rings. The zero-order valence-electron chi connectivity index (χ0n) is 11.6. The molecule has 0 spiro atoms. The molecule has 7 nitrogen and oxygen atoms in total. The average molecular weight is 297 g/mol. The van der Waals surface area contributed by atoms with Crippen LogP contribution in [-0.4, -0.2) is 42.5 Å². The average Bonchev–Trinajstić information content (AvgIpc) is 2.98. The normalized spacial score (nSPS) is 17.9. The predicted molar refractivity (Wildman–Crippen MR) is 79.0 cm³/mol. The van der Waals surface area contributed by atoms with Gasteiger partial charge in [0.05, 0.1) is 6.04 Å². The number of rotatable bonds is 5. The van der Waals surface area contributed by atoms with Gasteiger partial charge in [0, 0.05) is 26.1 Å². The van der Waals surface area contributed by atoms with E-state index in [1.165, 1.54) is 11.3 Å². The van der Waals surface area contributed by atoms with Crippen molar-refractivity contribution in [1.82, 2.24) is 15.6 Å². The molecule has 1 fully saturated rings. The van der Waals surface area contributed by atoms with Crippen molar-refractivity contribution in [2.24, 2.45) is 0 Å². The van der Waals surface area contributed by atoms with Crippen LogP contribution in [0.1, 0.15) is 29.9 Å². The molecule has 110 valence electrons. The number of thiazole rings is 1. The highest BCUT2D eigenvalue weighted by Crippen LogP contribution is 2.28. The Balaban J connectivity index is 2.08. The first-order valence-corrected chi connectivity index (χ1v) is 7.45. The third kappa shape index (κ3) is 3.01. The molecule has 1 atom stereocenters. The molecule has 20 heavy (non-hydrogen) atoms. The Hall–Kier alpha value is -1.83. The maximum absolute atomic E-state index is 12.2. The van der Waals surface area contributed by atoms with E-state index in [-0.39, 0.29) is 23.7 Å². The number of carbonyl (C=O) groups is 2. The molecule has 1 saturated heterocycles. The molecule has 2 rings (SSSR count). The van der Waals surface area contributed by atoms with E-state index in [1.54, 1.807) is 0 Å². The van der Waals surface area contributed by atoms with Crippen molar-refractivity contribution in [2.45, 2.75) is 26.3 Å². The zero-order chi connectivity index (χ0) is 14.7. The largest absolute Gasteiger partial charge is 0.382 e. The Morgan fingerprint density at radius 1 is 1.55 bits per heavy atom. The molecule has 8 heteroatoms. The van der Waals surface area contributed by atoms with E-state index in [1.807, 2.05) is 18.7 Å². The van der Waals surface area contributed by atoms with Crippen molar-refractivity contribution in [3.05, 3.63) is 4.88 Å². The summed E-state index contributed by atoms with van der Waals surface area (Å²) in [6, 6.07) is -0.173. The maximum atomic E-state index is 12.2. The fourth-order valence-corrected chi connectivity index (χ4v) is 3.09. The Labute approximate surface area is 121 Å². The molecule has 1 aromatic heterocycles. The summed E-state index contributed by atoms with van der Waals surface area (Å²) in [7, 11) is 0. The van der Waals surface area contributed by atoms with Crippen molar-refractivity contribution in [2.75, 3.05) is 30.3 Å². The van der Waals surface area contributed by atoms with E-state index in [0.717, 1.165) is 18.2 Å². The van der Waals surface area contributed by atoms with Crippen LogP contribution >= 0.6 is 11.3 Å². The lowest BCUT2D eigenvalue weighted by Crippen LogP contribution is -2.36. The van der Waals surface area contributed by atoms with E-state index in [9.17, 15) is 9.59 Å². The second-order valence-electron chi connectivity index (χ2n) is 4.56. The quantitative estimate of drug-likeness (QED) is 0.720. The number of carbonyl (C=O) groups excluding carboxylic acids is 2. The van der Waals surface area contributed by atoms with Gasteiger partial charge in [0.25, 0.3) is 5.91 Å². The fourth-order valence-electron chi connectivity index (χ4n) is 2.07. The lowest BCUT2D eigenvalue weighted by atomic mass is 10.2. The minimum Gasteiger partial charge on any atom is -0.382 e. The number of nitrogens with two attached hydrogens (primary N) is 1. The summed E-state index contributed by atoms with van der Waals surface area (Å²) in [5.74, 6) is -0.0667. The summed E-state index contributed by atoms with van der Waals surface area (Å²) in [4.78, 5) is 30.0. The third-order valence-electron chi connectivity index (χ3n) is 3.19. The summed E-state index contributed by atoms with van der Waals surface area (Å²) in [5, 5.41) is 6.23. The van der Waals surface area contributed by atoms with Crippen molar-refractivity contribution in [3.8, 4) is 0 Å². The number of hydrogen-bond donors (Lipinski definition) is 3. The van der Waals surface area contributed by atoms with Gasteiger partial charge in [-0.2, -0.15) is 0 Å². The van der Waals surface area contributed by atoms with Gasteiger partial charge in [-0.05, 0) is 13.8 Å². The molecule has 2 heterocycles. The monoisotopic (exact) mass is 297 g/mol. The third-order valence-corrected chi connectivity index (χ3v) is 4.33. The highest BCUT2D eigenvalue weighted by Gasteiger charge is 2.26. The topological polar surface area (TPSA) is 100 Å². The summed E-state index contributed by atoms with van der Waals surface area (Å²) < 4.78 is 0. The van der Waals surface area contributed by atoms with Crippen LogP contribution in [0.4, 0.5) is 10.9 Å². The molecule has 2 amide bonds. The van der Waals surface area contributed by atoms with Gasteiger partial charge < -0.3 is 21.3 Å². The number of aromatic nitrogens is 1. The molecule has 0 saturated carbocycles. The number of nitrogens with one attached hydrogen (secondary N) is 2. The van der Waals surface area contributed by atoms with E-state index < -0.39 is 0 Å². The molecule has 4 N–H and O–H groups in total. The number of nitrogen functional groups attached to an aromatic ring is 1. The van der Waals surface area contributed by atoms with Crippen LogP contribution in [0, 0.1) is 0 Å². The fraction of sp³-hybridized carbons (Fsp3) is 0.583. The van der Waals surface area contributed by atoms with Gasteiger partial charge in [0.1, 0.15) is 10.7 Å². The second kappa shape index (κ2) is 6.08. The van der Waals surface area contributed by atoms with Gasteiger partial charge in [0.15, 0.2) is 5.13 Å². The van der Waals surface area contributed by atoms with Gasteiger partial charge in [-0.15, -0.1) is 0 Å². The summed E-state index contributed by atoms with van der Waals surface area (Å²) in [6.45, 7) is 6.14. The van der Waals surface area contributed by atoms with Crippen LogP contribution in [0.25, 0.3) is 0 Å². The first-order chi connectivity index (χ1) is 9.55. The van der Waals surface area contributed by atoms with E-state index in [0.29, 0.717) is 17.8 Å². The van der Waals surface area contributed by atoms with Gasteiger partial charge >= 0.3 is 0 Å². The molecular weight excluding hydrogens is 278 g/mol. The summed E-state index contributed by atoms with van der Waals surface area (Å²) in [6.07, 6.45) is 0.313. The van der Waals surface area contributed by atoms with Crippen molar-refractivity contribution in [1.29, 1.82) is 0 Å². The first kappa shape index (κ1) is 14.6. The number of anilines is 2. The van der Waals surface area contributed by atoms with Crippen molar-refractivity contribution >= 4 is 34.1 Å². The van der Waals surface area contributed by atoms with Crippen LogP contribution in [0.2, 0.25) is 0 Å². The highest BCUT2D eigenvalue weighted by molar-refractivity contribution is 7.18. The van der Waals surface area contributed by atoms with Crippen LogP contribution in [0.15, 0.2) is 0 Å². The maximum Gasteiger partial charge on any atom is 0.265 e. The molecule has 1 aliphatic heterocycles. The highest BCUT2D eigenvalue weighted by atomic mass is 32.1. The van der Waals surface area contributed by atoms with Gasteiger partial charge in [-0.1, -0.05) is 11.3 Å². The van der Waals surface area contributed by atoms with Gasteiger partial charge in [-0.3, -0.25) is 9.59 Å². The minimum atomic E-state index is -0.264. The minimum absolute atomic E-state index is 0.0450. The predicted octanol–water partition coefficient (Wildman–Crippen LogP) is 0.190. The molecule has 0 aliphatic carbocycles. The van der Waals surface area contributed by atoms with Gasteiger partial charge in [-0.25, -0.2) is 4.98 Å². The van der Waals surface area contributed by atoms with E-state index >= 15 is 0 Å². The Morgan fingerprint density at radius 3 is 2.80 bits per heavy atom. The molecule has 0 bridgehead atoms. The molecule has 0 radical (unpaired) electrons. The lowest BCUT2D eigenvalue weighted by molar-refractivity contribution is -0.119. The molecule has 1 aromatic rings. The van der Waals surface area contributed by atoms with Gasteiger partial charge in [0.2, 0.25) is 5.91 Å². The van der Waals surface area contributed by atoms with E-state index in [4.69, 9.17) is 5.73 Å². The molecule has 0 aromatic carbocycles. The Kier molecular flexibility index (Phi) is 4.43. The number of nitrogens with zero attached hydrogens (tertiary/aromatic N) is 2. The first-order valence-electron chi connectivity index (χ1n) is 6.63. The number of amides is 2. The molecular formula is C12H19N5O2S. The SMILES string of the molecule is CCN(CC)c1nc(N)c(C(=O)NC2CNC(=O)C2)s1. The Bertz CT molecular complexity index is 512. The summed E-state index contributed by atoms with van der Waals surface area (Å²) >= 11 is 1.28. The lowest BCUT2D eigenvalue weighted by Gasteiger charge is -2.16. The summed E-state index contributed by atoms with van der Waals surface area (Å²) in [5.41, 5.74) is 5.82. The standard InChI is InChI=1S/C12H19N5O2S/c1-3-17(4-2)12-16-10(13)9(20-12)11(19)15-7-5-8(18)14-6-7/h7H,3-6,13H2,1-2H3,(H,14,18)(H,15,19). The van der Waals surface area contributed by atoms with Crippen molar-refractivity contribution in [3.63, 3.8) is 0 Å². The van der Waals surface area contributed by atoms with Crippen LogP contribution < -0.4 is 21.3 Å². The van der Waals surface area contributed by atoms with Crippen LogP contribution in [0.3, 0.4) is 0 Å². The smallest absolute Gasteiger partial charge is 0.265 e. The van der Waals surface area contributed by atoms with E-state index in [2.05, 4.69) is 15.6 Å². The van der Waals surface area contributed by atoms with Crippen LogP contribution in [-0.2, 0) is 4.79 Å². The Morgan fingerprint density at radius 2 is 2.25 bits per heavy atom.